The van der Waals surface area contributed by atoms with Gasteiger partial charge in [-0.15, -0.1) is 0 Å². The lowest BCUT2D eigenvalue weighted by Crippen LogP contribution is -2.49. The fourth-order valence-corrected chi connectivity index (χ4v) is 5.73. The van der Waals surface area contributed by atoms with Gasteiger partial charge in [-0.05, 0) is 43.9 Å². The molecule has 2 saturated heterocycles. The van der Waals surface area contributed by atoms with Gasteiger partial charge in [0.05, 0.1) is 15.6 Å². The molecule has 1 atom stereocenters. The van der Waals surface area contributed by atoms with Gasteiger partial charge in [-0.25, -0.2) is 4.98 Å². The molecule has 0 radical (unpaired) electrons. The molecule has 0 saturated carbocycles. The molecule has 0 bridgehead atoms. The second-order valence-electron chi connectivity index (χ2n) is 8.24. The maximum absolute atomic E-state index is 13.5. The third kappa shape index (κ3) is 3.08. The number of aryl methyl sites for hydroxylation is 1. The van der Waals surface area contributed by atoms with E-state index in [2.05, 4.69) is 59.2 Å². The van der Waals surface area contributed by atoms with Crippen LogP contribution in [-0.4, -0.2) is 35.4 Å². The summed E-state index contributed by atoms with van der Waals surface area (Å²) >= 11 is 1.74. The molecule has 2 fully saturated rings. The molecule has 2 aliphatic rings. The number of hydrogen-bond acceptors (Lipinski definition) is 4. The smallest absolute Gasteiger partial charge is 0.230 e. The number of benzene rings is 2. The average Bonchev–Trinajstić information content (AvgIpc) is 3.31. The minimum absolute atomic E-state index is 0.236. The lowest BCUT2D eigenvalue weighted by atomic mass is 9.78. The standard InChI is InChI=1S/C23H25N3OS/c1-17-6-4-7-18(14-17)15-25-12-5-10-23(21(25)27)11-13-26(16-23)22-24-19-8-2-3-9-20(19)28-22/h2-4,6-9,14H,5,10-13,15-16H2,1H3/t23-/m1/s1. The van der Waals surface area contributed by atoms with E-state index in [4.69, 9.17) is 4.98 Å². The summed E-state index contributed by atoms with van der Waals surface area (Å²) in [6.07, 6.45) is 3.02. The van der Waals surface area contributed by atoms with Crippen molar-refractivity contribution in [1.82, 2.24) is 9.88 Å². The number of fused-ring (bicyclic) bond motifs is 1. The number of likely N-dealkylation sites (tertiary alicyclic amines) is 1. The molecule has 1 spiro atoms. The number of carbonyl (C=O) groups excluding carboxylic acids is 1. The van der Waals surface area contributed by atoms with Gasteiger partial charge in [0.15, 0.2) is 5.13 Å². The molecule has 2 aliphatic heterocycles. The van der Waals surface area contributed by atoms with Crippen LogP contribution < -0.4 is 4.90 Å². The summed E-state index contributed by atoms with van der Waals surface area (Å²) in [6, 6.07) is 16.8. The number of para-hydroxylation sites is 1. The average molecular weight is 392 g/mol. The van der Waals surface area contributed by atoms with E-state index in [0.717, 1.165) is 56.1 Å². The molecular formula is C23H25N3OS. The van der Waals surface area contributed by atoms with Crippen molar-refractivity contribution in [2.45, 2.75) is 32.7 Å². The Balaban J connectivity index is 1.35. The number of piperidine rings is 1. The van der Waals surface area contributed by atoms with E-state index in [-0.39, 0.29) is 5.41 Å². The van der Waals surface area contributed by atoms with Gasteiger partial charge in [-0.1, -0.05) is 53.3 Å². The zero-order valence-corrected chi connectivity index (χ0v) is 17.0. The third-order valence-corrected chi connectivity index (χ3v) is 7.28. The molecule has 1 amide bonds. The quantitative estimate of drug-likeness (QED) is 0.653. The third-order valence-electron chi connectivity index (χ3n) is 6.19. The fourth-order valence-electron chi connectivity index (χ4n) is 4.74. The van der Waals surface area contributed by atoms with Crippen molar-refractivity contribution in [3.05, 3.63) is 59.7 Å². The van der Waals surface area contributed by atoms with Gasteiger partial charge in [0.25, 0.3) is 0 Å². The largest absolute Gasteiger partial charge is 0.347 e. The Labute approximate surface area is 169 Å². The molecule has 2 aromatic carbocycles. The number of hydrogen-bond donors (Lipinski definition) is 0. The highest BCUT2D eigenvalue weighted by Gasteiger charge is 2.48. The summed E-state index contributed by atoms with van der Waals surface area (Å²) in [5, 5.41) is 1.06. The van der Waals surface area contributed by atoms with Crippen molar-refractivity contribution < 1.29 is 4.79 Å². The maximum atomic E-state index is 13.5. The first-order valence-electron chi connectivity index (χ1n) is 10.1. The van der Waals surface area contributed by atoms with E-state index < -0.39 is 0 Å². The van der Waals surface area contributed by atoms with Crippen LogP contribution in [0.3, 0.4) is 0 Å². The Kier molecular flexibility index (Phi) is 4.35. The predicted molar refractivity (Wildman–Crippen MR) is 115 cm³/mol. The second-order valence-corrected chi connectivity index (χ2v) is 9.24. The van der Waals surface area contributed by atoms with Crippen molar-refractivity contribution in [3.8, 4) is 0 Å². The number of nitrogens with zero attached hydrogens (tertiary/aromatic N) is 3. The van der Waals surface area contributed by atoms with Gasteiger partial charge in [-0.2, -0.15) is 0 Å². The highest BCUT2D eigenvalue weighted by atomic mass is 32.1. The first kappa shape index (κ1) is 17.7. The zero-order valence-electron chi connectivity index (χ0n) is 16.2. The molecule has 5 rings (SSSR count). The first-order chi connectivity index (χ1) is 13.6. The molecule has 28 heavy (non-hydrogen) atoms. The van der Waals surface area contributed by atoms with E-state index in [1.807, 2.05) is 6.07 Å². The van der Waals surface area contributed by atoms with E-state index in [1.165, 1.54) is 15.8 Å². The lowest BCUT2D eigenvalue weighted by Gasteiger charge is -2.39. The summed E-state index contributed by atoms with van der Waals surface area (Å²) < 4.78 is 1.22. The summed E-state index contributed by atoms with van der Waals surface area (Å²) in [4.78, 5) is 22.7. The topological polar surface area (TPSA) is 36.4 Å². The van der Waals surface area contributed by atoms with Crippen LogP contribution in [0.15, 0.2) is 48.5 Å². The van der Waals surface area contributed by atoms with Crippen LogP contribution in [-0.2, 0) is 11.3 Å². The molecule has 4 nitrogen and oxygen atoms in total. The Bertz CT molecular complexity index is 996. The summed E-state index contributed by atoms with van der Waals surface area (Å²) in [7, 11) is 0. The van der Waals surface area contributed by atoms with Crippen molar-refractivity contribution in [2.24, 2.45) is 5.41 Å². The van der Waals surface area contributed by atoms with Crippen molar-refractivity contribution in [2.75, 3.05) is 24.5 Å². The molecule has 3 heterocycles. The number of anilines is 1. The summed E-state index contributed by atoms with van der Waals surface area (Å²) in [5.41, 5.74) is 3.30. The number of amides is 1. The van der Waals surface area contributed by atoms with E-state index >= 15 is 0 Å². The molecule has 0 N–H and O–H groups in total. The van der Waals surface area contributed by atoms with Crippen LogP contribution in [0.1, 0.15) is 30.4 Å². The molecule has 3 aromatic rings. The number of aromatic nitrogens is 1. The van der Waals surface area contributed by atoms with Gasteiger partial charge in [0.1, 0.15) is 0 Å². The van der Waals surface area contributed by atoms with Gasteiger partial charge < -0.3 is 9.80 Å². The van der Waals surface area contributed by atoms with E-state index in [1.54, 1.807) is 11.3 Å². The van der Waals surface area contributed by atoms with Gasteiger partial charge >= 0.3 is 0 Å². The van der Waals surface area contributed by atoms with Crippen LogP contribution in [0.25, 0.3) is 10.2 Å². The van der Waals surface area contributed by atoms with Crippen molar-refractivity contribution in [3.63, 3.8) is 0 Å². The Hall–Kier alpha value is -2.40. The highest BCUT2D eigenvalue weighted by molar-refractivity contribution is 7.22. The predicted octanol–water partition coefficient (Wildman–Crippen LogP) is 4.62. The van der Waals surface area contributed by atoms with Crippen LogP contribution >= 0.6 is 11.3 Å². The van der Waals surface area contributed by atoms with E-state index in [0.29, 0.717) is 5.91 Å². The Morgan fingerprint density at radius 2 is 2.00 bits per heavy atom. The van der Waals surface area contributed by atoms with Gasteiger partial charge in [0.2, 0.25) is 5.91 Å². The minimum Gasteiger partial charge on any atom is -0.347 e. The fraction of sp³-hybridized carbons (Fsp3) is 0.391. The molecule has 5 heteroatoms. The molecule has 1 aromatic heterocycles. The van der Waals surface area contributed by atoms with E-state index in [9.17, 15) is 4.79 Å². The highest BCUT2D eigenvalue weighted by Crippen LogP contribution is 2.43. The van der Waals surface area contributed by atoms with Gasteiger partial charge in [0, 0.05) is 26.2 Å². The van der Waals surface area contributed by atoms with Gasteiger partial charge in [-0.3, -0.25) is 4.79 Å². The summed E-state index contributed by atoms with van der Waals surface area (Å²) in [6.45, 7) is 5.43. The minimum atomic E-state index is -0.236. The van der Waals surface area contributed by atoms with Crippen LogP contribution in [0, 0.1) is 12.3 Å². The number of carbonyl (C=O) groups is 1. The van der Waals surface area contributed by atoms with Crippen molar-refractivity contribution >= 4 is 32.6 Å². The van der Waals surface area contributed by atoms with Crippen LogP contribution in [0.5, 0.6) is 0 Å². The zero-order chi connectivity index (χ0) is 19.1. The lowest BCUT2D eigenvalue weighted by molar-refractivity contribution is -0.145. The Morgan fingerprint density at radius 1 is 1.11 bits per heavy atom. The summed E-state index contributed by atoms with van der Waals surface area (Å²) in [5.74, 6) is 0.337. The monoisotopic (exact) mass is 391 g/mol. The van der Waals surface area contributed by atoms with Crippen LogP contribution in [0.2, 0.25) is 0 Å². The molecule has 144 valence electrons. The maximum Gasteiger partial charge on any atom is 0.230 e. The van der Waals surface area contributed by atoms with Crippen molar-refractivity contribution in [1.29, 1.82) is 0 Å². The second kappa shape index (κ2) is 6.89. The first-order valence-corrected chi connectivity index (χ1v) is 10.9. The Morgan fingerprint density at radius 3 is 2.86 bits per heavy atom. The van der Waals surface area contributed by atoms with Crippen LogP contribution in [0.4, 0.5) is 5.13 Å². The number of thiazole rings is 1. The molecule has 0 aliphatic carbocycles. The molecular weight excluding hydrogens is 366 g/mol. The SMILES string of the molecule is Cc1cccc(CN2CCC[C@]3(CCN(c4nc5ccccc5s4)C3)C2=O)c1. The normalized spacial score (nSPS) is 22.5. The number of rotatable bonds is 3. The molecule has 0 unspecified atom stereocenters.